The van der Waals surface area contributed by atoms with Crippen molar-refractivity contribution in [2.45, 2.75) is 200 Å². The smallest absolute Gasteiger partial charge is 0.325 e. The van der Waals surface area contributed by atoms with Gasteiger partial charge in [-0.1, -0.05) is 109 Å². The highest BCUT2D eigenvalue weighted by atomic mass is 16.7. The van der Waals surface area contributed by atoms with E-state index in [-0.39, 0.29) is 60.8 Å². The molecule has 432 valence electrons. The van der Waals surface area contributed by atoms with E-state index in [0.717, 1.165) is 24.0 Å². The Kier molecular flexibility index (Phi) is 22.1. The van der Waals surface area contributed by atoms with Gasteiger partial charge in [0.1, 0.15) is 30.0 Å². The molecule has 5 aliphatic rings. The number of methoxy groups -OCH3 is 1. The maximum absolute atomic E-state index is 14.6. The van der Waals surface area contributed by atoms with Gasteiger partial charge < -0.3 is 50.2 Å². The normalized spacial score (nSPS) is 35.8. The van der Waals surface area contributed by atoms with E-state index in [1.54, 1.807) is 58.1 Å². The van der Waals surface area contributed by atoms with Gasteiger partial charge in [0, 0.05) is 63.0 Å². The molecule has 6 rings (SSSR count). The minimum absolute atomic E-state index is 0.00123. The summed E-state index contributed by atoms with van der Waals surface area (Å²) in [7, 11) is 1.53. The third-order valence-electron chi connectivity index (χ3n) is 17.1. The zero-order valence-electron chi connectivity index (χ0n) is 48.0. The number of fused-ring (bicyclic) bond motifs is 3. The molecule has 2 bridgehead atoms. The number of nitrogens with zero attached hydrogens (tertiary/aromatic N) is 1. The molecule has 78 heavy (non-hydrogen) atoms. The van der Waals surface area contributed by atoms with Gasteiger partial charge in [-0.15, -0.1) is 0 Å². The van der Waals surface area contributed by atoms with Crippen molar-refractivity contribution in [3.05, 3.63) is 89.6 Å². The van der Waals surface area contributed by atoms with E-state index in [0.29, 0.717) is 50.5 Å². The number of esters is 1. The number of piperidine rings is 1. The lowest BCUT2D eigenvalue weighted by molar-refractivity contribution is -0.280. The van der Waals surface area contributed by atoms with Crippen molar-refractivity contribution in [2.75, 3.05) is 13.7 Å². The van der Waals surface area contributed by atoms with Crippen molar-refractivity contribution in [2.24, 2.45) is 41.4 Å². The second-order valence-corrected chi connectivity index (χ2v) is 23.4. The van der Waals surface area contributed by atoms with E-state index in [1.807, 2.05) is 52.0 Å². The van der Waals surface area contributed by atoms with Crippen LogP contribution < -0.4 is 21.4 Å². The number of nitrogens with one attached hydrogen (secondary N) is 4. The SMILES string of the molecule is CC[C@H]1C[C@H](C)[C@@]2(NC1=O)O[C@@H](C[C@H](O)[C@@H](C)CC/C=C/C=C(\C)[C@@H]1C/C=C/C=C/[C@H](O)[C@@H](C)[C@H]3O[C@](C)(OC)CC[C@H]3C(=O)N[C@@H](C(C)C)C(=O)N[C@@H](Cc3cccc(O)c3)C(=O)N3CCC[C@H](N3)C(=O)O1)[C@H](C)C=C2C. The molecular weight excluding hydrogens is 995 g/mol. The summed E-state index contributed by atoms with van der Waals surface area (Å²) in [5.41, 5.74) is 4.58. The molecule has 5 aliphatic heterocycles. The van der Waals surface area contributed by atoms with Crippen LogP contribution in [0.1, 0.15) is 139 Å². The summed E-state index contributed by atoms with van der Waals surface area (Å²) >= 11 is 0. The Hall–Kier alpha value is -5.17. The summed E-state index contributed by atoms with van der Waals surface area (Å²) in [6.07, 6.45) is 16.7. The zero-order chi connectivity index (χ0) is 57.1. The van der Waals surface area contributed by atoms with Crippen molar-refractivity contribution < 1.29 is 58.2 Å². The number of aliphatic hydroxyl groups is 2. The maximum Gasteiger partial charge on any atom is 0.325 e. The van der Waals surface area contributed by atoms with Crippen LogP contribution in [0.25, 0.3) is 0 Å². The minimum Gasteiger partial charge on any atom is -0.508 e. The first-order valence-electron chi connectivity index (χ1n) is 28.6. The fourth-order valence-corrected chi connectivity index (χ4v) is 11.6. The quantitative estimate of drug-likeness (QED) is 0.0591. The number of benzene rings is 1. The lowest BCUT2D eigenvalue weighted by Crippen LogP contribution is -2.64. The number of phenolic OH excluding ortho intramolecular Hbond substituents is 1. The Bertz CT molecular complexity index is 2400. The second kappa shape index (κ2) is 27.8. The predicted molar refractivity (Wildman–Crippen MR) is 297 cm³/mol. The van der Waals surface area contributed by atoms with Gasteiger partial charge in [-0.2, -0.15) is 0 Å². The van der Waals surface area contributed by atoms with Crippen LogP contribution >= 0.6 is 0 Å². The third kappa shape index (κ3) is 15.6. The van der Waals surface area contributed by atoms with E-state index in [4.69, 9.17) is 18.9 Å². The number of rotatable bonds is 13. The van der Waals surface area contributed by atoms with E-state index in [2.05, 4.69) is 41.3 Å². The number of allylic oxidation sites excluding steroid dienone is 5. The summed E-state index contributed by atoms with van der Waals surface area (Å²) in [4.78, 5) is 70.5. The largest absolute Gasteiger partial charge is 0.508 e. The Balaban J connectivity index is 1.20. The number of ether oxygens (including phenoxy) is 4. The predicted octanol–water partition coefficient (Wildman–Crippen LogP) is 7.17. The molecule has 3 saturated heterocycles. The molecule has 0 saturated carbocycles. The van der Waals surface area contributed by atoms with Gasteiger partial charge >= 0.3 is 5.97 Å². The molecule has 1 aromatic carbocycles. The standard InChI is InChI=1S/C61H91N5O12/c1-12-44-32-41(8)61(64-55(44)70)40(7)31-39(6)52(77-61)35-50(69)37(4)21-15-13-16-22-38(5)51-27-18-14-17-26-49(68)42(9)54-46(28-29-60(10,75-11)78-54)56(71)63-53(36(2)3)57(72)62-48(34-43-23-19-24-45(67)33-43)58(73)66-30-20-25-47(65-66)59(74)76-51/h13-14,16-19,22-24,26,31,33,36-37,39,41-42,44,46-54,65,67-69H,12,15,20-21,25,27-30,32,34-35H2,1-11H3,(H,62,72)(H,63,71)(H,64,70)/b16-13+,18-14+,26-17+,38-22+/t37-,39+,41-,42+,44-,46+,47-,48-,49-,50-,51-,52-,53-,54+,60-,61-/m0/s1. The number of carbonyl (C=O) groups is 5. The molecule has 4 amide bonds. The topological polar surface area (TPSA) is 234 Å². The van der Waals surface area contributed by atoms with Gasteiger partial charge in [0.25, 0.3) is 5.91 Å². The molecule has 1 aromatic rings. The van der Waals surface area contributed by atoms with Gasteiger partial charge in [-0.3, -0.25) is 29.0 Å². The number of carbonyl (C=O) groups excluding carboxylic acids is 5. The van der Waals surface area contributed by atoms with Crippen molar-refractivity contribution in [1.29, 1.82) is 0 Å². The van der Waals surface area contributed by atoms with E-state index in [1.165, 1.54) is 24.3 Å². The monoisotopic (exact) mass is 1090 g/mol. The number of cyclic esters (lactones) is 1. The molecule has 7 N–H and O–H groups in total. The van der Waals surface area contributed by atoms with E-state index >= 15 is 0 Å². The van der Waals surface area contributed by atoms with Crippen molar-refractivity contribution in [3.63, 3.8) is 0 Å². The molecule has 5 heterocycles. The lowest BCUT2D eigenvalue weighted by atomic mass is 9.75. The van der Waals surface area contributed by atoms with Crippen LogP contribution in [-0.4, -0.2) is 124 Å². The molecule has 1 spiro atoms. The van der Waals surface area contributed by atoms with E-state index in [9.17, 15) is 39.3 Å². The fraction of sp³-hybridized carbons (Fsp3) is 0.656. The average Bonchev–Trinajstić information content (AvgIpc) is 3.41. The number of hydrogen-bond donors (Lipinski definition) is 7. The van der Waals surface area contributed by atoms with Gasteiger partial charge in [-0.05, 0) is 106 Å². The van der Waals surface area contributed by atoms with E-state index < -0.39 is 95.5 Å². The average molecular weight is 1090 g/mol. The first-order chi connectivity index (χ1) is 37.0. The van der Waals surface area contributed by atoms with Crippen molar-refractivity contribution in [3.8, 4) is 5.75 Å². The molecular formula is C61H91N5O12. The number of aliphatic hydroxyl groups excluding tert-OH is 2. The van der Waals surface area contributed by atoms with Crippen LogP contribution in [0.2, 0.25) is 0 Å². The Morgan fingerprint density at radius 3 is 2.47 bits per heavy atom. The van der Waals surface area contributed by atoms with Gasteiger partial charge in [0.15, 0.2) is 11.5 Å². The van der Waals surface area contributed by atoms with Gasteiger partial charge in [-0.25, -0.2) is 5.43 Å². The first kappa shape index (κ1) is 62.0. The van der Waals surface area contributed by atoms with Crippen LogP contribution in [0.15, 0.2) is 84.0 Å². The van der Waals surface area contributed by atoms with Crippen molar-refractivity contribution in [1.82, 2.24) is 26.4 Å². The van der Waals surface area contributed by atoms with Gasteiger partial charge in [0.05, 0.1) is 30.3 Å². The van der Waals surface area contributed by atoms with Crippen molar-refractivity contribution >= 4 is 29.6 Å². The zero-order valence-corrected chi connectivity index (χ0v) is 48.0. The molecule has 16 atom stereocenters. The summed E-state index contributed by atoms with van der Waals surface area (Å²) in [6, 6.07) is 3.30. The van der Waals surface area contributed by atoms with Crippen LogP contribution in [0, 0.1) is 41.4 Å². The Morgan fingerprint density at radius 2 is 1.77 bits per heavy atom. The molecule has 0 unspecified atom stereocenters. The highest BCUT2D eigenvalue weighted by molar-refractivity contribution is 5.93. The summed E-state index contributed by atoms with van der Waals surface area (Å²) < 4.78 is 25.2. The molecule has 17 heteroatoms. The fourth-order valence-electron chi connectivity index (χ4n) is 11.6. The lowest BCUT2D eigenvalue weighted by Gasteiger charge is -2.51. The number of hydrazine groups is 1. The van der Waals surface area contributed by atoms with Crippen LogP contribution in [0.4, 0.5) is 0 Å². The molecule has 17 nitrogen and oxygen atoms in total. The summed E-state index contributed by atoms with van der Waals surface area (Å²) in [5.74, 6) is -4.79. The second-order valence-electron chi connectivity index (χ2n) is 23.4. The molecule has 0 aliphatic carbocycles. The number of amides is 4. The first-order valence-corrected chi connectivity index (χ1v) is 28.6. The number of aromatic hydroxyl groups is 1. The van der Waals surface area contributed by atoms with Crippen LogP contribution in [0.3, 0.4) is 0 Å². The summed E-state index contributed by atoms with van der Waals surface area (Å²) in [5, 5.41) is 43.8. The Morgan fingerprint density at radius 1 is 1.01 bits per heavy atom. The Labute approximate surface area is 463 Å². The molecule has 3 fully saturated rings. The minimum atomic E-state index is -1.16. The van der Waals surface area contributed by atoms with Gasteiger partial charge in [0.2, 0.25) is 17.7 Å². The van der Waals surface area contributed by atoms with Crippen LogP contribution in [-0.2, 0) is 49.3 Å². The maximum atomic E-state index is 14.6. The highest BCUT2D eigenvalue weighted by Gasteiger charge is 2.51. The van der Waals surface area contributed by atoms with Crippen LogP contribution in [0.5, 0.6) is 5.75 Å². The third-order valence-corrected chi connectivity index (χ3v) is 17.1. The summed E-state index contributed by atoms with van der Waals surface area (Å²) in [6.45, 7) is 19.6. The number of hydrogen-bond acceptors (Lipinski definition) is 13. The number of phenols is 1. The molecule has 0 radical (unpaired) electrons. The highest BCUT2D eigenvalue weighted by Crippen LogP contribution is 2.43. The molecule has 0 aromatic heterocycles.